The summed E-state index contributed by atoms with van der Waals surface area (Å²) < 4.78 is 20.1. The van der Waals surface area contributed by atoms with Crippen molar-refractivity contribution in [2.75, 3.05) is 11.5 Å². The van der Waals surface area contributed by atoms with Crippen molar-refractivity contribution in [3.05, 3.63) is 99.3 Å². The van der Waals surface area contributed by atoms with Crippen LogP contribution in [-0.2, 0) is 16.0 Å². The van der Waals surface area contributed by atoms with Crippen molar-refractivity contribution < 1.29 is 23.5 Å². The maximum Gasteiger partial charge on any atom is 0.335 e. The number of nitrogens with zero attached hydrogens (tertiary/aromatic N) is 1. The van der Waals surface area contributed by atoms with Crippen LogP contribution in [0.15, 0.2) is 76.8 Å². The molecule has 3 aromatic carbocycles. The van der Waals surface area contributed by atoms with Gasteiger partial charge in [0, 0.05) is 16.5 Å². The third-order valence-corrected chi connectivity index (χ3v) is 5.88. The summed E-state index contributed by atoms with van der Waals surface area (Å²) in [5.74, 6) is -1.29. The molecular formula is C26H20BrFN2O4. The van der Waals surface area contributed by atoms with Crippen LogP contribution in [-0.4, -0.2) is 24.5 Å². The molecule has 0 radical (unpaired) electrons. The predicted molar refractivity (Wildman–Crippen MR) is 130 cm³/mol. The number of carbonyl (C=O) groups is 3. The second-order valence-corrected chi connectivity index (χ2v) is 8.37. The number of nitrogens with one attached hydrogen (secondary N) is 1. The number of anilines is 1. The first-order chi connectivity index (χ1) is 16.4. The average Bonchev–Trinajstić information content (AvgIpc) is 2.80. The van der Waals surface area contributed by atoms with E-state index in [9.17, 15) is 18.8 Å². The van der Waals surface area contributed by atoms with Gasteiger partial charge in [-0.15, -0.1) is 0 Å². The molecular weight excluding hydrogens is 503 g/mol. The smallest absolute Gasteiger partial charge is 0.335 e. The van der Waals surface area contributed by atoms with Gasteiger partial charge in [0.05, 0.1) is 12.3 Å². The van der Waals surface area contributed by atoms with Crippen LogP contribution in [0.2, 0.25) is 0 Å². The van der Waals surface area contributed by atoms with Crippen LogP contribution >= 0.6 is 15.9 Å². The zero-order chi connectivity index (χ0) is 24.2. The fourth-order valence-corrected chi connectivity index (χ4v) is 4.26. The Hall–Kier alpha value is -3.78. The minimum atomic E-state index is -0.806. The molecule has 4 rings (SSSR count). The van der Waals surface area contributed by atoms with E-state index in [1.165, 1.54) is 18.2 Å². The number of hydrogen-bond acceptors (Lipinski definition) is 4. The van der Waals surface area contributed by atoms with E-state index < -0.39 is 17.8 Å². The summed E-state index contributed by atoms with van der Waals surface area (Å²) in [6.45, 7) is 2.23. The van der Waals surface area contributed by atoms with E-state index in [-0.39, 0.29) is 11.4 Å². The molecule has 1 heterocycles. The van der Waals surface area contributed by atoms with Crippen LogP contribution in [0.1, 0.15) is 23.6 Å². The first-order valence-electron chi connectivity index (χ1n) is 10.5. The molecule has 1 aliphatic rings. The Bertz CT molecular complexity index is 1310. The Morgan fingerprint density at radius 3 is 2.50 bits per heavy atom. The highest BCUT2D eigenvalue weighted by atomic mass is 79.9. The quantitative estimate of drug-likeness (QED) is 0.354. The van der Waals surface area contributed by atoms with Gasteiger partial charge in [0.2, 0.25) is 0 Å². The van der Waals surface area contributed by atoms with Gasteiger partial charge >= 0.3 is 6.03 Å². The lowest BCUT2D eigenvalue weighted by Crippen LogP contribution is -2.54. The summed E-state index contributed by atoms with van der Waals surface area (Å²) in [6, 6.07) is 17.3. The molecule has 1 aliphatic heterocycles. The number of hydrogen-bond donors (Lipinski definition) is 1. The highest BCUT2D eigenvalue weighted by molar-refractivity contribution is 9.10. The van der Waals surface area contributed by atoms with E-state index in [2.05, 4.69) is 21.2 Å². The largest absolute Gasteiger partial charge is 0.494 e. The number of carbonyl (C=O) groups excluding carboxylic acids is 3. The Morgan fingerprint density at radius 2 is 1.79 bits per heavy atom. The van der Waals surface area contributed by atoms with Crippen LogP contribution in [0.5, 0.6) is 5.75 Å². The molecule has 1 N–H and O–H groups in total. The highest BCUT2D eigenvalue weighted by Crippen LogP contribution is 2.33. The van der Waals surface area contributed by atoms with Gasteiger partial charge < -0.3 is 4.74 Å². The Labute approximate surface area is 204 Å². The van der Waals surface area contributed by atoms with Crippen LogP contribution in [0.4, 0.5) is 14.9 Å². The Morgan fingerprint density at radius 1 is 1.03 bits per heavy atom. The van der Waals surface area contributed by atoms with E-state index in [1.807, 2.05) is 13.0 Å². The molecule has 0 bridgehead atoms. The Balaban J connectivity index is 1.72. The third kappa shape index (κ3) is 4.92. The molecule has 172 valence electrons. The lowest BCUT2D eigenvalue weighted by atomic mass is 10.0. The lowest BCUT2D eigenvalue weighted by Gasteiger charge is -2.26. The summed E-state index contributed by atoms with van der Waals surface area (Å²) in [6.07, 6.45) is 1.83. The van der Waals surface area contributed by atoms with E-state index in [1.54, 1.807) is 48.5 Å². The normalized spacial score (nSPS) is 15.0. The van der Waals surface area contributed by atoms with E-state index in [0.29, 0.717) is 34.5 Å². The van der Waals surface area contributed by atoms with Crippen molar-refractivity contribution >= 4 is 45.5 Å². The average molecular weight is 523 g/mol. The second-order valence-electron chi connectivity index (χ2n) is 7.51. The Kier molecular flexibility index (Phi) is 6.88. The molecule has 0 saturated carbocycles. The summed E-state index contributed by atoms with van der Waals surface area (Å²) in [7, 11) is 0. The number of amides is 4. The monoisotopic (exact) mass is 522 g/mol. The van der Waals surface area contributed by atoms with Gasteiger partial charge in [-0.3, -0.25) is 14.9 Å². The summed E-state index contributed by atoms with van der Waals surface area (Å²) in [4.78, 5) is 38.9. The summed E-state index contributed by atoms with van der Waals surface area (Å²) >= 11 is 3.54. The van der Waals surface area contributed by atoms with Crippen molar-refractivity contribution in [1.29, 1.82) is 0 Å². The van der Waals surface area contributed by atoms with Gasteiger partial charge in [-0.1, -0.05) is 46.3 Å². The molecule has 0 spiro atoms. The fourth-order valence-electron chi connectivity index (χ4n) is 3.66. The summed E-state index contributed by atoms with van der Waals surface area (Å²) in [5.41, 5.74) is 2.27. The molecule has 1 fully saturated rings. The lowest BCUT2D eigenvalue weighted by molar-refractivity contribution is -0.122. The zero-order valence-corrected chi connectivity index (χ0v) is 19.8. The van der Waals surface area contributed by atoms with E-state index in [4.69, 9.17) is 4.74 Å². The SMILES string of the molecule is CCOc1cc(/C=C2\C(=O)NC(=O)N(c3ccccc3)C2=O)cc(Br)c1Cc1cccc(F)c1. The van der Waals surface area contributed by atoms with Gasteiger partial charge in [0.1, 0.15) is 17.1 Å². The van der Waals surface area contributed by atoms with Gasteiger partial charge in [-0.05, 0) is 60.5 Å². The van der Waals surface area contributed by atoms with Crippen LogP contribution in [0.25, 0.3) is 6.08 Å². The van der Waals surface area contributed by atoms with E-state index in [0.717, 1.165) is 16.0 Å². The molecule has 6 nitrogen and oxygen atoms in total. The van der Waals surface area contributed by atoms with E-state index >= 15 is 0 Å². The van der Waals surface area contributed by atoms with Crippen LogP contribution in [0.3, 0.4) is 0 Å². The van der Waals surface area contributed by atoms with Crippen molar-refractivity contribution in [1.82, 2.24) is 5.32 Å². The number of ether oxygens (including phenoxy) is 1. The number of imide groups is 2. The van der Waals surface area contributed by atoms with Crippen molar-refractivity contribution in [3.63, 3.8) is 0 Å². The van der Waals surface area contributed by atoms with Crippen LogP contribution < -0.4 is 15.0 Å². The summed E-state index contributed by atoms with van der Waals surface area (Å²) in [5, 5.41) is 2.21. The fraction of sp³-hybridized carbons (Fsp3) is 0.115. The standard InChI is InChI=1S/C26H20BrFN2O4/c1-2-34-23-15-17(14-22(27)20(23)12-16-7-6-8-18(28)11-16)13-21-24(31)29-26(33)30(25(21)32)19-9-4-3-5-10-19/h3-11,13-15H,2,12H2,1H3,(H,29,31,33)/b21-13+. The maximum atomic E-state index is 13.7. The molecule has 3 aromatic rings. The van der Waals surface area contributed by atoms with Gasteiger partial charge in [0.15, 0.2) is 0 Å². The van der Waals surface area contributed by atoms with Gasteiger partial charge in [-0.2, -0.15) is 0 Å². The topological polar surface area (TPSA) is 75.7 Å². The van der Waals surface area contributed by atoms with Gasteiger partial charge in [-0.25, -0.2) is 14.1 Å². The van der Waals surface area contributed by atoms with Gasteiger partial charge in [0.25, 0.3) is 11.8 Å². The minimum absolute atomic E-state index is 0.185. The third-order valence-electron chi connectivity index (χ3n) is 5.17. The molecule has 1 saturated heterocycles. The number of barbiturate groups is 1. The number of rotatable bonds is 6. The van der Waals surface area contributed by atoms with Crippen LogP contribution in [0, 0.1) is 5.82 Å². The molecule has 0 unspecified atom stereocenters. The van der Waals surface area contributed by atoms with Crippen molar-refractivity contribution in [3.8, 4) is 5.75 Å². The van der Waals surface area contributed by atoms with Crippen molar-refractivity contribution in [2.45, 2.75) is 13.3 Å². The predicted octanol–water partition coefficient (Wildman–Crippen LogP) is 5.24. The number of para-hydroxylation sites is 1. The molecule has 8 heteroatoms. The maximum absolute atomic E-state index is 13.7. The van der Waals surface area contributed by atoms with Crippen molar-refractivity contribution in [2.24, 2.45) is 0 Å². The first-order valence-corrected chi connectivity index (χ1v) is 11.3. The molecule has 34 heavy (non-hydrogen) atoms. The molecule has 0 aromatic heterocycles. The number of urea groups is 1. The number of halogens is 2. The minimum Gasteiger partial charge on any atom is -0.494 e. The number of benzene rings is 3. The molecule has 0 atom stereocenters. The second kappa shape index (κ2) is 10.0. The first kappa shape index (κ1) is 23.4. The zero-order valence-electron chi connectivity index (χ0n) is 18.2. The highest BCUT2D eigenvalue weighted by Gasteiger charge is 2.36. The molecule has 0 aliphatic carbocycles. The molecule has 4 amide bonds.